The lowest BCUT2D eigenvalue weighted by Gasteiger charge is -2.28. The molecule has 0 heterocycles. The summed E-state index contributed by atoms with van der Waals surface area (Å²) in [5, 5.41) is 0. The van der Waals surface area contributed by atoms with Crippen molar-refractivity contribution in [3.05, 3.63) is 155 Å². The summed E-state index contributed by atoms with van der Waals surface area (Å²) in [4.78, 5) is 13.5. The van der Waals surface area contributed by atoms with Gasteiger partial charge >= 0.3 is 14.8 Å². The van der Waals surface area contributed by atoms with Gasteiger partial charge in [0.2, 0.25) is 0 Å². The van der Waals surface area contributed by atoms with Gasteiger partial charge in [-0.05, 0) is 140 Å². The topological polar surface area (TPSA) is 63.2 Å². The monoisotopic (exact) mass is 794 g/mol. The SMILES string of the molecule is Cc1cc(C(C)C)c(OC(=O)OC(C)(C)C)c(-c2c(C)c(C)cc(C(C)C)c2OP(Oc2ccc(-c3ccccc3)cc2)Oc2ccc(-c3ccccc3)cc2)c1C. The first-order chi connectivity index (χ1) is 27.6. The zero-order valence-corrected chi connectivity index (χ0v) is 36.5. The third kappa shape index (κ3) is 9.92. The van der Waals surface area contributed by atoms with Crippen LogP contribution in [0.4, 0.5) is 4.79 Å². The molecule has 0 aliphatic carbocycles. The minimum absolute atomic E-state index is 0.0380. The summed E-state index contributed by atoms with van der Waals surface area (Å²) < 4.78 is 32.6. The molecule has 0 saturated carbocycles. The van der Waals surface area contributed by atoms with E-state index in [0.717, 1.165) is 66.8 Å². The van der Waals surface area contributed by atoms with Gasteiger partial charge in [0.15, 0.2) is 0 Å². The fourth-order valence-electron chi connectivity index (χ4n) is 6.84. The summed E-state index contributed by atoms with van der Waals surface area (Å²) in [6, 6.07) is 40.7. The van der Waals surface area contributed by atoms with E-state index >= 15 is 0 Å². The summed E-state index contributed by atoms with van der Waals surface area (Å²) in [6.45, 7) is 22.3. The average Bonchev–Trinajstić information content (AvgIpc) is 3.18. The molecule has 0 unspecified atom stereocenters. The van der Waals surface area contributed by atoms with Gasteiger partial charge in [0.25, 0.3) is 0 Å². The molecule has 0 bridgehead atoms. The van der Waals surface area contributed by atoms with E-state index in [4.69, 9.17) is 23.0 Å². The van der Waals surface area contributed by atoms with Crippen LogP contribution in [-0.2, 0) is 4.74 Å². The van der Waals surface area contributed by atoms with E-state index in [9.17, 15) is 4.79 Å². The third-order valence-electron chi connectivity index (χ3n) is 10.2. The highest BCUT2D eigenvalue weighted by molar-refractivity contribution is 7.43. The van der Waals surface area contributed by atoms with Gasteiger partial charge in [0, 0.05) is 11.1 Å². The number of benzene rings is 6. The van der Waals surface area contributed by atoms with Crippen molar-refractivity contribution < 1.29 is 27.8 Å². The van der Waals surface area contributed by atoms with Crippen LogP contribution in [0.5, 0.6) is 23.0 Å². The Morgan fingerprint density at radius 3 is 1.29 bits per heavy atom. The fourth-order valence-corrected chi connectivity index (χ4v) is 7.89. The zero-order valence-electron chi connectivity index (χ0n) is 35.6. The lowest BCUT2D eigenvalue weighted by Crippen LogP contribution is -2.26. The largest absolute Gasteiger partial charge is 0.530 e. The van der Waals surface area contributed by atoms with Gasteiger partial charge in [-0.3, -0.25) is 0 Å². The van der Waals surface area contributed by atoms with Crippen molar-refractivity contribution in [1.29, 1.82) is 0 Å². The fraction of sp³-hybridized carbons (Fsp3) is 0.275. The van der Waals surface area contributed by atoms with Crippen molar-refractivity contribution in [2.75, 3.05) is 0 Å². The van der Waals surface area contributed by atoms with Crippen molar-refractivity contribution >= 4 is 14.8 Å². The second-order valence-corrected chi connectivity index (χ2v) is 17.4. The van der Waals surface area contributed by atoms with Crippen LogP contribution in [0, 0.1) is 27.7 Å². The molecule has 6 aromatic rings. The van der Waals surface area contributed by atoms with Gasteiger partial charge in [-0.2, -0.15) is 0 Å². The Hall–Kier alpha value is -5.58. The molecular weight excluding hydrogens is 740 g/mol. The molecule has 6 rings (SSSR count). The standard InChI is InChI=1S/C51H55O6P/c1-32(2)44-30-34(5)36(7)46(48(44)53-50(52)54-51(9,10)11)47-37(8)35(6)31-45(33(3)4)49(47)57-58(55-42-26-22-40(23-27-42)38-18-14-12-15-19-38)56-43-28-24-41(25-29-43)39-20-16-13-17-21-39/h12-33H,1-11H3. The van der Waals surface area contributed by atoms with Gasteiger partial charge < -0.3 is 23.0 Å². The molecule has 0 radical (unpaired) electrons. The molecule has 0 N–H and O–H groups in total. The Labute approximate surface area is 346 Å². The second-order valence-electron chi connectivity index (χ2n) is 16.4. The van der Waals surface area contributed by atoms with E-state index in [-0.39, 0.29) is 11.8 Å². The normalized spacial score (nSPS) is 11.6. The van der Waals surface area contributed by atoms with E-state index in [1.54, 1.807) is 0 Å². The lowest BCUT2D eigenvalue weighted by atomic mass is 9.84. The molecule has 0 atom stereocenters. The highest BCUT2D eigenvalue weighted by Crippen LogP contribution is 2.53. The average molecular weight is 795 g/mol. The third-order valence-corrected chi connectivity index (χ3v) is 11.2. The quantitative estimate of drug-likeness (QED) is 0.0698. The molecule has 0 aromatic heterocycles. The van der Waals surface area contributed by atoms with E-state index in [1.807, 2.05) is 106 Å². The summed E-state index contributed by atoms with van der Waals surface area (Å²) in [7, 11) is -2.10. The molecule has 0 spiro atoms. The second kappa shape index (κ2) is 17.9. The first-order valence-electron chi connectivity index (χ1n) is 19.9. The van der Waals surface area contributed by atoms with Gasteiger partial charge in [-0.15, -0.1) is 0 Å². The first kappa shape index (κ1) is 42.0. The molecule has 6 nitrogen and oxygen atoms in total. The van der Waals surface area contributed by atoms with Crippen LogP contribution in [0.2, 0.25) is 0 Å². The van der Waals surface area contributed by atoms with Crippen LogP contribution in [0.1, 0.15) is 93.7 Å². The van der Waals surface area contributed by atoms with Crippen LogP contribution in [-0.4, -0.2) is 11.8 Å². The molecule has 7 heteroatoms. The zero-order chi connectivity index (χ0) is 41.7. The van der Waals surface area contributed by atoms with Gasteiger partial charge in [-0.25, -0.2) is 4.79 Å². The van der Waals surface area contributed by atoms with Gasteiger partial charge in [0.05, 0.1) is 0 Å². The Kier molecular flexibility index (Phi) is 13.0. The molecule has 58 heavy (non-hydrogen) atoms. The summed E-state index contributed by atoms with van der Waals surface area (Å²) in [6.07, 6.45) is -0.762. The predicted molar refractivity (Wildman–Crippen MR) is 238 cm³/mol. The minimum Gasteiger partial charge on any atom is -0.428 e. The number of ether oxygens (including phenoxy) is 2. The van der Waals surface area contributed by atoms with Crippen LogP contribution < -0.4 is 18.3 Å². The van der Waals surface area contributed by atoms with Gasteiger partial charge in [-0.1, -0.05) is 125 Å². The van der Waals surface area contributed by atoms with E-state index in [0.29, 0.717) is 23.0 Å². The molecule has 300 valence electrons. The number of carbonyl (C=O) groups excluding carboxylic acids is 1. The van der Waals surface area contributed by atoms with Crippen molar-refractivity contribution in [1.82, 2.24) is 0 Å². The molecule has 0 aliphatic rings. The van der Waals surface area contributed by atoms with E-state index in [1.165, 1.54) is 0 Å². The van der Waals surface area contributed by atoms with E-state index < -0.39 is 20.4 Å². The van der Waals surface area contributed by atoms with Gasteiger partial charge in [0.1, 0.15) is 28.6 Å². The van der Waals surface area contributed by atoms with Crippen molar-refractivity contribution in [3.63, 3.8) is 0 Å². The highest BCUT2D eigenvalue weighted by Gasteiger charge is 2.32. The number of aryl methyl sites for hydroxylation is 2. The number of hydrogen-bond donors (Lipinski definition) is 0. The lowest BCUT2D eigenvalue weighted by molar-refractivity contribution is 0.0205. The predicted octanol–water partition coefficient (Wildman–Crippen LogP) is 15.2. The highest BCUT2D eigenvalue weighted by atomic mass is 31.2. The Bertz CT molecular complexity index is 2260. The number of hydrogen-bond acceptors (Lipinski definition) is 6. The van der Waals surface area contributed by atoms with E-state index in [2.05, 4.69) is 91.8 Å². The maximum absolute atomic E-state index is 13.5. The smallest absolute Gasteiger partial charge is 0.428 e. The number of rotatable bonds is 12. The summed E-state index contributed by atoms with van der Waals surface area (Å²) in [5.41, 5.74) is 11.2. The van der Waals surface area contributed by atoms with Crippen LogP contribution in [0.3, 0.4) is 0 Å². The Morgan fingerprint density at radius 2 is 0.897 bits per heavy atom. The molecule has 0 fully saturated rings. The first-order valence-corrected chi connectivity index (χ1v) is 21.0. The molecule has 0 aliphatic heterocycles. The Balaban J connectivity index is 1.51. The maximum Gasteiger partial charge on any atom is 0.530 e. The van der Waals surface area contributed by atoms with Crippen molar-refractivity contribution in [2.24, 2.45) is 0 Å². The van der Waals surface area contributed by atoms with Crippen LogP contribution >= 0.6 is 8.60 Å². The molecule has 0 saturated heterocycles. The van der Waals surface area contributed by atoms with Crippen LogP contribution in [0.15, 0.2) is 121 Å². The summed E-state index contributed by atoms with van der Waals surface area (Å²) in [5.74, 6) is 2.38. The Morgan fingerprint density at radius 1 is 0.517 bits per heavy atom. The maximum atomic E-state index is 13.5. The summed E-state index contributed by atoms with van der Waals surface area (Å²) >= 11 is 0. The molecular formula is C51H55O6P. The minimum atomic E-state index is -2.10. The number of carbonyl (C=O) groups is 1. The van der Waals surface area contributed by atoms with Crippen molar-refractivity contribution in [3.8, 4) is 56.4 Å². The molecule has 6 aromatic carbocycles. The van der Waals surface area contributed by atoms with Crippen molar-refractivity contribution in [2.45, 2.75) is 93.6 Å². The van der Waals surface area contributed by atoms with Crippen LogP contribution in [0.25, 0.3) is 33.4 Å². The molecule has 0 amide bonds.